The number of hydrogen-bond donors (Lipinski definition) is 0. The molecule has 1 rings (SSSR count). The third kappa shape index (κ3) is 6.24. The summed E-state index contributed by atoms with van der Waals surface area (Å²) in [7, 11) is 5.89. The molecular formula is C23H40N2O2. The van der Waals surface area contributed by atoms with Gasteiger partial charge in [0.2, 0.25) is 0 Å². The highest BCUT2D eigenvalue weighted by molar-refractivity contribution is 5.85. The Morgan fingerprint density at radius 1 is 1.11 bits per heavy atom. The van der Waals surface area contributed by atoms with Crippen molar-refractivity contribution in [3.05, 3.63) is 29.3 Å². The highest BCUT2D eigenvalue weighted by Crippen LogP contribution is 2.31. The van der Waals surface area contributed by atoms with Crippen molar-refractivity contribution in [1.82, 2.24) is 9.80 Å². The number of amides is 1. The van der Waals surface area contributed by atoms with Crippen LogP contribution < -0.4 is 4.74 Å². The van der Waals surface area contributed by atoms with Crippen LogP contribution in [0, 0.1) is 5.92 Å². The van der Waals surface area contributed by atoms with Crippen molar-refractivity contribution in [1.29, 1.82) is 0 Å². The monoisotopic (exact) mass is 376 g/mol. The van der Waals surface area contributed by atoms with Crippen LogP contribution >= 0.6 is 0 Å². The third-order valence-corrected chi connectivity index (χ3v) is 5.34. The van der Waals surface area contributed by atoms with Gasteiger partial charge in [0.25, 0.3) is 5.91 Å². The number of carbonyl (C=O) groups excluding carboxylic acids is 1. The summed E-state index contributed by atoms with van der Waals surface area (Å²) in [6, 6.07) is 6.31. The van der Waals surface area contributed by atoms with Crippen molar-refractivity contribution in [3.63, 3.8) is 0 Å². The second kappa shape index (κ2) is 10.1. The Balaban J connectivity index is 3.11. The first-order valence-corrected chi connectivity index (χ1v) is 10.2. The van der Waals surface area contributed by atoms with E-state index in [1.54, 1.807) is 4.90 Å². The molecule has 0 N–H and O–H groups in total. The molecule has 4 heteroatoms. The zero-order valence-corrected chi connectivity index (χ0v) is 18.9. The van der Waals surface area contributed by atoms with Crippen LogP contribution in [-0.2, 0) is 11.2 Å². The summed E-state index contributed by atoms with van der Waals surface area (Å²) >= 11 is 0. The Hall–Kier alpha value is -1.55. The van der Waals surface area contributed by atoms with Gasteiger partial charge in [-0.25, -0.2) is 0 Å². The fourth-order valence-electron chi connectivity index (χ4n) is 3.18. The molecule has 0 radical (unpaired) electrons. The van der Waals surface area contributed by atoms with Gasteiger partial charge in [-0.15, -0.1) is 0 Å². The first kappa shape index (κ1) is 23.5. The van der Waals surface area contributed by atoms with Crippen molar-refractivity contribution in [2.24, 2.45) is 5.92 Å². The van der Waals surface area contributed by atoms with Crippen LogP contribution in [-0.4, -0.2) is 55.5 Å². The maximum atomic E-state index is 13.2. The van der Waals surface area contributed by atoms with E-state index in [4.69, 9.17) is 4.74 Å². The Morgan fingerprint density at radius 2 is 1.74 bits per heavy atom. The van der Waals surface area contributed by atoms with Crippen LogP contribution in [0.15, 0.2) is 18.2 Å². The van der Waals surface area contributed by atoms with Crippen molar-refractivity contribution < 1.29 is 9.53 Å². The quantitative estimate of drug-likeness (QED) is 0.599. The van der Waals surface area contributed by atoms with E-state index >= 15 is 0 Å². The highest BCUT2D eigenvalue weighted by atomic mass is 16.5. The van der Waals surface area contributed by atoms with Crippen LogP contribution in [0.25, 0.3) is 0 Å². The number of ether oxygens (including phenoxy) is 1. The second-order valence-corrected chi connectivity index (χ2v) is 8.66. The number of rotatable bonds is 10. The summed E-state index contributed by atoms with van der Waals surface area (Å²) in [4.78, 5) is 17.1. The minimum absolute atomic E-state index is 0.0318. The van der Waals surface area contributed by atoms with Gasteiger partial charge in [0.1, 0.15) is 5.75 Å². The zero-order valence-electron chi connectivity index (χ0n) is 18.9. The Bertz CT molecular complexity index is 610. The summed E-state index contributed by atoms with van der Waals surface area (Å²) in [5.41, 5.74) is 1.80. The van der Waals surface area contributed by atoms with Crippen LogP contribution in [0.2, 0.25) is 0 Å². The average Bonchev–Trinajstić information content (AvgIpc) is 2.58. The molecule has 27 heavy (non-hydrogen) atoms. The fraction of sp³-hybridized carbons (Fsp3) is 0.696. The first-order chi connectivity index (χ1) is 12.5. The minimum atomic E-state index is -0.885. The summed E-state index contributed by atoms with van der Waals surface area (Å²) in [5, 5.41) is 0. The molecule has 154 valence electrons. The number of carbonyl (C=O) groups is 1. The lowest BCUT2D eigenvalue weighted by molar-refractivity contribution is -0.149. The SMILES string of the molecule is CCCc1cc(OC(C)(C(=O)N(C)CCN(C)C)C(C)C)ccc1C(C)C. The Labute approximate surface area is 166 Å². The number of aryl methyl sites for hydroxylation is 1. The van der Waals surface area contributed by atoms with Crippen molar-refractivity contribution >= 4 is 5.91 Å². The van der Waals surface area contributed by atoms with Gasteiger partial charge in [0.05, 0.1) is 0 Å². The molecular weight excluding hydrogens is 336 g/mol. The van der Waals surface area contributed by atoms with Crippen molar-refractivity contribution in [2.75, 3.05) is 34.2 Å². The highest BCUT2D eigenvalue weighted by Gasteiger charge is 2.41. The van der Waals surface area contributed by atoms with E-state index in [-0.39, 0.29) is 11.8 Å². The lowest BCUT2D eigenvalue weighted by Crippen LogP contribution is -2.54. The molecule has 1 unspecified atom stereocenters. The molecule has 0 heterocycles. The smallest absolute Gasteiger partial charge is 0.266 e. The third-order valence-electron chi connectivity index (χ3n) is 5.34. The summed E-state index contributed by atoms with van der Waals surface area (Å²) < 4.78 is 6.37. The molecule has 0 aromatic heterocycles. The van der Waals surface area contributed by atoms with E-state index in [9.17, 15) is 4.79 Å². The van der Waals surface area contributed by atoms with E-state index in [1.165, 1.54) is 11.1 Å². The van der Waals surface area contributed by atoms with E-state index in [0.29, 0.717) is 12.5 Å². The molecule has 0 saturated heterocycles. The van der Waals surface area contributed by atoms with Crippen LogP contribution in [0.4, 0.5) is 0 Å². The van der Waals surface area contributed by atoms with Gasteiger partial charge >= 0.3 is 0 Å². The average molecular weight is 377 g/mol. The first-order valence-electron chi connectivity index (χ1n) is 10.2. The van der Waals surface area contributed by atoms with Crippen LogP contribution in [0.3, 0.4) is 0 Å². The molecule has 1 amide bonds. The predicted octanol–water partition coefficient (Wildman–Crippen LogP) is 4.58. The zero-order chi connectivity index (χ0) is 20.8. The number of likely N-dealkylation sites (N-methyl/N-ethyl adjacent to an activating group) is 2. The lowest BCUT2D eigenvalue weighted by Gasteiger charge is -2.36. The second-order valence-electron chi connectivity index (χ2n) is 8.66. The van der Waals surface area contributed by atoms with Gasteiger partial charge in [-0.3, -0.25) is 4.79 Å². The van der Waals surface area contributed by atoms with Crippen molar-refractivity contribution in [3.8, 4) is 5.75 Å². The van der Waals surface area contributed by atoms with Gasteiger partial charge in [-0.2, -0.15) is 0 Å². The maximum Gasteiger partial charge on any atom is 0.266 e. The minimum Gasteiger partial charge on any atom is -0.477 e. The fourth-order valence-corrected chi connectivity index (χ4v) is 3.18. The van der Waals surface area contributed by atoms with Gasteiger partial charge in [0, 0.05) is 26.1 Å². The largest absolute Gasteiger partial charge is 0.477 e. The molecule has 1 aromatic carbocycles. The Kier molecular flexibility index (Phi) is 8.80. The molecule has 0 bridgehead atoms. The van der Waals surface area contributed by atoms with Crippen LogP contribution in [0.1, 0.15) is 65.0 Å². The lowest BCUT2D eigenvalue weighted by atomic mass is 9.90. The van der Waals surface area contributed by atoms with E-state index < -0.39 is 5.60 Å². The van der Waals surface area contributed by atoms with Crippen LogP contribution in [0.5, 0.6) is 5.75 Å². The molecule has 4 nitrogen and oxygen atoms in total. The Morgan fingerprint density at radius 3 is 2.22 bits per heavy atom. The maximum absolute atomic E-state index is 13.2. The number of benzene rings is 1. The molecule has 0 saturated carbocycles. The van der Waals surface area contributed by atoms with Gasteiger partial charge < -0.3 is 14.5 Å². The number of nitrogens with zero attached hydrogens (tertiary/aromatic N) is 2. The molecule has 1 atom stereocenters. The molecule has 0 fully saturated rings. The van der Waals surface area contributed by atoms with Crippen molar-refractivity contribution in [2.45, 2.75) is 65.9 Å². The standard InChI is InChI=1S/C23H40N2O2/c1-10-11-19-16-20(12-13-21(19)17(2)3)27-23(6,18(4)5)22(26)25(9)15-14-24(7)8/h12-13,16-18H,10-11,14-15H2,1-9H3. The normalized spacial score (nSPS) is 13.9. The summed E-state index contributed by atoms with van der Waals surface area (Å²) in [6.07, 6.45) is 2.12. The molecule has 0 aliphatic carbocycles. The molecule has 1 aromatic rings. The van der Waals surface area contributed by atoms with E-state index in [1.807, 2.05) is 48.0 Å². The van der Waals surface area contributed by atoms with E-state index in [2.05, 4.69) is 37.8 Å². The molecule has 0 aliphatic rings. The number of hydrogen-bond acceptors (Lipinski definition) is 3. The summed E-state index contributed by atoms with van der Waals surface area (Å²) in [6.45, 7) is 14.2. The molecule has 0 aliphatic heterocycles. The van der Waals surface area contributed by atoms with Gasteiger partial charge in [0.15, 0.2) is 5.60 Å². The topological polar surface area (TPSA) is 32.8 Å². The van der Waals surface area contributed by atoms with E-state index in [0.717, 1.165) is 25.1 Å². The molecule has 0 spiro atoms. The predicted molar refractivity (Wildman–Crippen MR) is 115 cm³/mol. The summed E-state index contributed by atoms with van der Waals surface area (Å²) in [5.74, 6) is 1.36. The van der Waals surface area contributed by atoms with Gasteiger partial charge in [-0.05, 0) is 56.6 Å². The van der Waals surface area contributed by atoms with Gasteiger partial charge in [-0.1, -0.05) is 47.1 Å².